The Labute approximate surface area is 149 Å². The third-order valence-electron chi connectivity index (χ3n) is 5.19. The van der Waals surface area contributed by atoms with Crippen LogP contribution in [0.3, 0.4) is 0 Å². The van der Waals surface area contributed by atoms with Gasteiger partial charge in [-0.2, -0.15) is 0 Å². The standard InChI is InChI=1S/C21H26N4/c1-14(2)10-17-11-16(12-19(24-17)15-6-4-3-5-7-15)21-23-13-20-18(25-21)8-9-22-20/h3-9,13-14,16-17,19,24H,10-12H2,1-2H3,(H,23,25). The van der Waals surface area contributed by atoms with Crippen LogP contribution >= 0.6 is 0 Å². The van der Waals surface area contributed by atoms with Crippen LogP contribution in [0.5, 0.6) is 0 Å². The van der Waals surface area contributed by atoms with E-state index in [1.807, 2.05) is 18.5 Å². The minimum absolute atomic E-state index is 0.382. The Hall–Kier alpha value is -2.20. The number of hydrogen-bond acceptors (Lipinski definition) is 3. The van der Waals surface area contributed by atoms with Crippen molar-refractivity contribution in [1.82, 2.24) is 20.3 Å². The number of nitrogens with one attached hydrogen (secondary N) is 2. The van der Waals surface area contributed by atoms with E-state index < -0.39 is 0 Å². The molecule has 4 heteroatoms. The van der Waals surface area contributed by atoms with E-state index in [1.165, 1.54) is 12.0 Å². The third kappa shape index (κ3) is 3.59. The fourth-order valence-corrected chi connectivity index (χ4v) is 4.08. The van der Waals surface area contributed by atoms with Gasteiger partial charge in [0.2, 0.25) is 0 Å². The smallest absolute Gasteiger partial charge is 0.109 e. The van der Waals surface area contributed by atoms with Gasteiger partial charge in [-0.15, -0.1) is 0 Å². The first kappa shape index (κ1) is 16.3. The molecule has 0 spiro atoms. The molecule has 130 valence electrons. The molecule has 1 aromatic rings. The molecule has 25 heavy (non-hydrogen) atoms. The Balaban J connectivity index is 1.62. The zero-order chi connectivity index (χ0) is 17.2. The molecule has 3 unspecified atom stereocenters. The van der Waals surface area contributed by atoms with Gasteiger partial charge < -0.3 is 10.3 Å². The number of benzene rings is 1. The second-order valence-corrected chi connectivity index (χ2v) is 7.64. The molecule has 0 aromatic heterocycles. The van der Waals surface area contributed by atoms with Crippen LogP contribution in [0.4, 0.5) is 0 Å². The number of aromatic nitrogens is 3. The lowest BCUT2D eigenvalue weighted by Gasteiger charge is -2.37. The summed E-state index contributed by atoms with van der Waals surface area (Å²) in [5, 5.41) is 3.88. The van der Waals surface area contributed by atoms with Crippen molar-refractivity contribution in [2.24, 2.45) is 5.92 Å². The van der Waals surface area contributed by atoms with Gasteiger partial charge in [0.15, 0.2) is 0 Å². The summed E-state index contributed by atoms with van der Waals surface area (Å²) >= 11 is 0. The fourth-order valence-electron chi connectivity index (χ4n) is 4.08. The summed E-state index contributed by atoms with van der Waals surface area (Å²) in [4.78, 5) is 12.5. The summed E-state index contributed by atoms with van der Waals surface area (Å²) in [5.74, 6) is 2.22. The lowest BCUT2D eigenvalue weighted by Crippen LogP contribution is -2.41. The van der Waals surface area contributed by atoms with Crippen molar-refractivity contribution in [3.05, 3.63) is 60.2 Å². The number of fused-ring (bicyclic) bond motifs is 1. The molecule has 3 aliphatic heterocycles. The van der Waals surface area contributed by atoms with Gasteiger partial charge in [-0.3, -0.25) is 4.98 Å². The van der Waals surface area contributed by atoms with Crippen molar-refractivity contribution in [3.63, 3.8) is 0 Å². The molecule has 3 atom stereocenters. The van der Waals surface area contributed by atoms with E-state index in [4.69, 9.17) is 4.98 Å². The lowest BCUT2D eigenvalue weighted by molar-refractivity contribution is 0.258. The van der Waals surface area contributed by atoms with Gasteiger partial charge in [-0.1, -0.05) is 44.2 Å². The largest absolute Gasteiger partial charge is 0.342 e. The lowest BCUT2D eigenvalue weighted by atomic mass is 9.82. The highest BCUT2D eigenvalue weighted by Crippen LogP contribution is 2.37. The van der Waals surface area contributed by atoms with Crippen LogP contribution in [0, 0.1) is 5.92 Å². The molecule has 4 rings (SSSR count). The van der Waals surface area contributed by atoms with Gasteiger partial charge >= 0.3 is 0 Å². The molecule has 0 radical (unpaired) electrons. The SMILES string of the molecule is CC(C)CC1CC(c2ncc3nccc-3[nH]2)CC(c2ccccc2)N1. The van der Waals surface area contributed by atoms with E-state index in [0.29, 0.717) is 23.9 Å². The monoisotopic (exact) mass is 334 g/mol. The molecule has 0 aliphatic carbocycles. The van der Waals surface area contributed by atoms with E-state index in [0.717, 1.165) is 30.1 Å². The second-order valence-electron chi connectivity index (χ2n) is 7.64. The molecule has 0 bridgehead atoms. The van der Waals surface area contributed by atoms with Crippen molar-refractivity contribution >= 4 is 0 Å². The van der Waals surface area contributed by atoms with Gasteiger partial charge in [-0.05, 0) is 36.8 Å². The number of rotatable bonds is 4. The molecule has 3 heterocycles. The third-order valence-corrected chi connectivity index (χ3v) is 5.19. The van der Waals surface area contributed by atoms with Gasteiger partial charge in [0.1, 0.15) is 11.5 Å². The number of nitrogens with zero attached hydrogens (tertiary/aromatic N) is 2. The first-order chi connectivity index (χ1) is 12.2. The van der Waals surface area contributed by atoms with E-state index in [2.05, 4.69) is 59.5 Å². The van der Waals surface area contributed by atoms with Crippen LogP contribution in [0.25, 0.3) is 11.4 Å². The van der Waals surface area contributed by atoms with E-state index in [-0.39, 0.29) is 0 Å². The molecule has 1 fully saturated rings. The quantitative estimate of drug-likeness (QED) is 0.737. The highest BCUT2D eigenvalue weighted by atomic mass is 15.0. The second kappa shape index (κ2) is 6.96. The van der Waals surface area contributed by atoms with Crippen LogP contribution in [0.2, 0.25) is 0 Å². The van der Waals surface area contributed by atoms with Crippen molar-refractivity contribution < 1.29 is 0 Å². The molecule has 2 N–H and O–H groups in total. The highest BCUT2D eigenvalue weighted by Gasteiger charge is 2.31. The minimum atomic E-state index is 0.382. The van der Waals surface area contributed by atoms with Crippen LogP contribution < -0.4 is 5.32 Å². The average molecular weight is 334 g/mol. The molecule has 0 saturated carbocycles. The van der Waals surface area contributed by atoms with Crippen LogP contribution in [-0.4, -0.2) is 21.0 Å². The van der Waals surface area contributed by atoms with Gasteiger partial charge in [0.25, 0.3) is 0 Å². The van der Waals surface area contributed by atoms with Crippen molar-refractivity contribution in [1.29, 1.82) is 0 Å². The van der Waals surface area contributed by atoms with Crippen molar-refractivity contribution in [3.8, 4) is 11.4 Å². The Morgan fingerprint density at radius 3 is 2.72 bits per heavy atom. The summed E-state index contributed by atoms with van der Waals surface area (Å²) in [6, 6.07) is 13.7. The zero-order valence-electron chi connectivity index (χ0n) is 14.9. The summed E-state index contributed by atoms with van der Waals surface area (Å²) in [7, 11) is 0. The molecule has 0 amide bonds. The van der Waals surface area contributed by atoms with E-state index in [1.54, 1.807) is 0 Å². The van der Waals surface area contributed by atoms with E-state index >= 15 is 0 Å². The predicted octanol–water partition coefficient (Wildman–Crippen LogP) is 4.53. The topological polar surface area (TPSA) is 53.6 Å². The summed E-state index contributed by atoms with van der Waals surface area (Å²) in [5.41, 5.74) is 3.40. The minimum Gasteiger partial charge on any atom is -0.342 e. The Morgan fingerprint density at radius 1 is 1.08 bits per heavy atom. The first-order valence-corrected chi connectivity index (χ1v) is 9.29. The Bertz CT molecular complexity index is 780. The predicted molar refractivity (Wildman–Crippen MR) is 101 cm³/mol. The summed E-state index contributed by atoms with van der Waals surface area (Å²) in [6.07, 6.45) is 7.13. The molecule has 1 aromatic carbocycles. The number of aromatic amines is 1. The highest BCUT2D eigenvalue weighted by molar-refractivity contribution is 5.54. The number of hydrogen-bond donors (Lipinski definition) is 2. The molecule has 4 nitrogen and oxygen atoms in total. The molecular weight excluding hydrogens is 308 g/mol. The Kier molecular flexibility index (Phi) is 4.53. The zero-order valence-corrected chi connectivity index (χ0v) is 14.9. The number of piperidine rings is 1. The van der Waals surface area contributed by atoms with Gasteiger partial charge in [-0.25, -0.2) is 4.98 Å². The maximum atomic E-state index is 4.70. The maximum Gasteiger partial charge on any atom is 0.109 e. The van der Waals surface area contributed by atoms with Crippen LogP contribution in [0.15, 0.2) is 48.8 Å². The molecule has 1 saturated heterocycles. The fraction of sp³-hybridized carbons (Fsp3) is 0.429. The molecular formula is C21H26N4. The first-order valence-electron chi connectivity index (χ1n) is 9.29. The van der Waals surface area contributed by atoms with Gasteiger partial charge in [0.05, 0.1) is 11.9 Å². The van der Waals surface area contributed by atoms with Crippen molar-refractivity contribution in [2.75, 3.05) is 0 Å². The normalized spacial score (nSPS) is 24.0. The molecule has 3 aliphatic rings. The maximum absolute atomic E-state index is 4.70. The van der Waals surface area contributed by atoms with Crippen molar-refractivity contribution in [2.45, 2.75) is 51.1 Å². The van der Waals surface area contributed by atoms with E-state index in [9.17, 15) is 0 Å². The summed E-state index contributed by atoms with van der Waals surface area (Å²) in [6.45, 7) is 4.60. The average Bonchev–Trinajstić information content (AvgIpc) is 3.09. The number of H-pyrrole nitrogens is 1. The Morgan fingerprint density at radius 2 is 1.92 bits per heavy atom. The van der Waals surface area contributed by atoms with Crippen LogP contribution in [0.1, 0.15) is 56.5 Å². The summed E-state index contributed by atoms with van der Waals surface area (Å²) < 4.78 is 0. The van der Waals surface area contributed by atoms with Crippen LogP contribution in [-0.2, 0) is 0 Å². The van der Waals surface area contributed by atoms with Gasteiger partial charge in [0, 0.05) is 24.2 Å².